The first-order valence-corrected chi connectivity index (χ1v) is 3.40. The van der Waals surface area contributed by atoms with Crippen LogP contribution in [-0.4, -0.2) is 11.2 Å². The smallest absolute Gasteiger partial charge is 0.0571 e. The first kappa shape index (κ1) is 6.09. The fourth-order valence-corrected chi connectivity index (χ4v) is 1.29. The van der Waals surface area contributed by atoms with E-state index < -0.39 is 0 Å². The molecule has 0 amide bonds. The summed E-state index contributed by atoms with van der Waals surface area (Å²) in [6, 6.07) is 0. The Morgan fingerprint density at radius 2 is 2.00 bits per heavy atom. The van der Waals surface area contributed by atoms with Gasteiger partial charge in [0.2, 0.25) is 0 Å². The summed E-state index contributed by atoms with van der Waals surface area (Å²) in [6.07, 6.45) is 2.29. The van der Waals surface area contributed by atoms with E-state index in [2.05, 4.69) is 13.8 Å². The van der Waals surface area contributed by atoms with Crippen molar-refractivity contribution in [3.05, 3.63) is 0 Å². The quantitative estimate of drug-likeness (QED) is 0.546. The van der Waals surface area contributed by atoms with E-state index in [1.165, 1.54) is 6.42 Å². The zero-order valence-corrected chi connectivity index (χ0v) is 5.59. The van der Waals surface area contributed by atoms with Gasteiger partial charge in [0.25, 0.3) is 0 Å². The van der Waals surface area contributed by atoms with E-state index in [0.29, 0.717) is 11.8 Å². The molecule has 1 fully saturated rings. The molecule has 0 radical (unpaired) electrons. The molecule has 1 aliphatic rings. The Morgan fingerprint density at radius 3 is 2.00 bits per heavy atom. The molecule has 0 heterocycles. The lowest BCUT2D eigenvalue weighted by Gasteiger charge is -2.35. The van der Waals surface area contributed by atoms with Gasteiger partial charge in [0.05, 0.1) is 6.10 Å². The molecule has 0 saturated heterocycles. The molecule has 0 aromatic rings. The summed E-state index contributed by atoms with van der Waals surface area (Å²) in [4.78, 5) is 0. The Bertz CT molecular complexity index is 73.7. The van der Waals surface area contributed by atoms with Crippen LogP contribution < -0.4 is 0 Å². The topological polar surface area (TPSA) is 20.2 Å². The second kappa shape index (κ2) is 2.06. The SMILES string of the molecule is CC(C)C1CC[C@H]1O. The summed E-state index contributed by atoms with van der Waals surface area (Å²) in [5.74, 6) is 1.29. The first-order valence-electron chi connectivity index (χ1n) is 3.40. The van der Waals surface area contributed by atoms with Gasteiger partial charge in [-0.05, 0) is 24.7 Å². The Balaban J connectivity index is 2.26. The minimum Gasteiger partial charge on any atom is -0.393 e. The van der Waals surface area contributed by atoms with E-state index in [1.807, 2.05) is 0 Å². The molecule has 1 N–H and O–H groups in total. The Hall–Kier alpha value is -0.0400. The van der Waals surface area contributed by atoms with Gasteiger partial charge in [-0.2, -0.15) is 0 Å². The predicted octanol–water partition coefficient (Wildman–Crippen LogP) is 1.41. The van der Waals surface area contributed by atoms with Gasteiger partial charge >= 0.3 is 0 Å². The van der Waals surface area contributed by atoms with Crippen LogP contribution in [-0.2, 0) is 0 Å². The van der Waals surface area contributed by atoms with Crippen LogP contribution in [0.2, 0.25) is 0 Å². The van der Waals surface area contributed by atoms with Crippen molar-refractivity contribution in [2.45, 2.75) is 32.8 Å². The average Bonchev–Trinajstić information content (AvgIpc) is 1.61. The van der Waals surface area contributed by atoms with Crippen molar-refractivity contribution >= 4 is 0 Å². The van der Waals surface area contributed by atoms with Gasteiger partial charge in [0.15, 0.2) is 0 Å². The standard InChI is InChI=1S/C7H14O/c1-5(2)6-3-4-7(6)8/h5-8H,3-4H2,1-2H3/t6?,7-/m1/s1. The summed E-state index contributed by atoms with van der Waals surface area (Å²) in [6.45, 7) is 4.35. The van der Waals surface area contributed by atoms with Crippen molar-refractivity contribution in [1.29, 1.82) is 0 Å². The highest BCUT2D eigenvalue weighted by Gasteiger charge is 2.30. The van der Waals surface area contributed by atoms with E-state index in [4.69, 9.17) is 5.11 Å². The molecule has 8 heavy (non-hydrogen) atoms. The van der Waals surface area contributed by atoms with E-state index in [1.54, 1.807) is 0 Å². The maximum absolute atomic E-state index is 9.08. The van der Waals surface area contributed by atoms with Crippen LogP contribution in [0.15, 0.2) is 0 Å². The van der Waals surface area contributed by atoms with Gasteiger partial charge in [-0.25, -0.2) is 0 Å². The molecular formula is C7H14O. The molecule has 1 heteroatoms. The maximum Gasteiger partial charge on any atom is 0.0571 e. The highest BCUT2D eigenvalue weighted by atomic mass is 16.3. The van der Waals surface area contributed by atoms with E-state index in [0.717, 1.165) is 6.42 Å². The maximum atomic E-state index is 9.08. The molecule has 1 rings (SSSR count). The van der Waals surface area contributed by atoms with Crippen molar-refractivity contribution in [3.63, 3.8) is 0 Å². The van der Waals surface area contributed by atoms with Gasteiger partial charge in [0, 0.05) is 0 Å². The molecule has 1 unspecified atom stereocenters. The lowest BCUT2D eigenvalue weighted by Crippen LogP contribution is -2.34. The third-order valence-corrected chi connectivity index (χ3v) is 2.15. The van der Waals surface area contributed by atoms with Crippen LogP contribution in [0.5, 0.6) is 0 Å². The molecule has 1 nitrogen and oxygen atoms in total. The molecule has 0 spiro atoms. The van der Waals surface area contributed by atoms with Crippen LogP contribution in [0.25, 0.3) is 0 Å². The largest absolute Gasteiger partial charge is 0.393 e. The third-order valence-electron chi connectivity index (χ3n) is 2.15. The van der Waals surface area contributed by atoms with E-state index >= 15 is 0 Å². The average molecular weight is 114 g/mol. The summed E-state index contributed by atoms with van der Waals surface area (Å²) < 4.78 is 0. The van der Waals surface area contributed by atoms with Gasteiger partial charge in [0.1, 0.15) is 0 Å². The third kappa shape index (κ3) is 0.873. The van der Waals surface area contributed by atoms with Crippen LogP contribution in [0.3, 0.4) is 0 Å². The van der Waals surface area contributed by atoms with E-state index in [-0.39, 0.29) is 6.10 Å². The molecule has 48 valence electrons. The van der Waals surface area contributed by atoms with E-state index in [9.17, 15) is 0 Å². The zero-order chi connectivity index (χ0) is 6.15. The van der Waals surface area contributed by atoms with Crippen LogP contribution >= 0.6 is 0 Å². The number of aliphatic hydroxyl groups is 1. The zero-order valence-electron chi connectivity index (χ0n) is 5.59. The minimum atomic E-state index is 0.0231. The minimum absolute atomic E-state index is 0.0231. The van der Waals surface area contributed by atoms with Crippen molar-refractivity contribution in [2.75, 3.05) is 0 Å². The highest BCUT2D eigenvalue weighted by Crippen LogP contribution is 2.33. The van der Waals surface area contributed by atoms with Gasteiger partial charge < -0.3 is 5.11 Å². The Labute approximate surface area is 50.7 Å². The molecule has 0 bridgehead atoms. The molecule has 1 saturated carbocycles. The van der Waals surface area contributed by atoms with Gasteiger partial charge in [-0.15, -0.1) is 0 Å². The molecule has 0 aromatic carbocycles. The summed E-state index contributed by atoms with van der Waals surface area (Å²) in [5, 5.41) is 9.08. The fraction of sp³-hybridized carbons (Fsp3) is 1.00. The van der Waals surface area contributed by atoms with Crippen molar-refractivity contribution in [3.8, 4) is 0 Å². The van der Waals surface area contributed by atoms with Crippen LogP contribution in [0.4, 0.5) is 0 Å². The number of hydrogen-bond acceptors (Lipinski definition) is 1. The monoisotopic (exact) mass is 114 g/mol. The number of hydrogen-bond donors (Lipinski definition) is 1. The summed E-state index contributed by atoms with van der Waals surface area (Å²) >= 11 is 0. The molecule has 2 atom stereocenters. The van der Waals surface area contributed by atoms with Crippen molar-refractivity contribution < 1.29 is 5.11 Å². The predicted molar refractivity (Wildman–Crippen MR) is 33.6 cm³/mol. The lowest BCUT2D eigenvalue weighted by atomic mass is 9.75. The lowest BCUT2D eigenvalue weighted by molar-refractivity contribution is -0.00118. The number of rotatable bonds is 1. The van der Waals surface area contributed by atoms with Gasteiger partial charge in [-0.3, -0.25) is 0 Å². The Kier molecular flexibility index (Phi) is 1.57. The van der Waals surface area contributed by atoms with Gasteiger partial charge in [-0.1, -0.05) is 13.8 Å². The van der Waals surface area contributed by atoms with Crippen molar-refractivity contribution in [1.82, 2.24) is 0 Å². The fourth-order valence-electron chi connectivity index (χ4n) is 1.29. The molecule has 0 aliphatic heterocycles. The summed E-state index contributed by atoms with van der Waals surface area (Å²) in [7, 11) is 0. The second-order valence-corrected chi connectivity index (χ2v) is 3.05. The molecule has 1 aliphatic carbocycles. The van der Waals surface area contributed by atoms with Crippen molar-refractivity contribution in [2.24, 2.45) is 11.8 Å². The summed E-state index contributed by atoms with van der Waals surface area (Å²) in [5.41, 5.74) is 0. The highest BCUT2D eigenvalue weighted by molar-refractivity contribution is 4.81. The molecular weight excluding hydrogens is 100 g/mol. The first-order chi connectivity index (χ1) is 3.72. The number of aliphatic hydroxyl groups excluding tert-OH is 1. The van der Waals surface area contributed by atoms with Crippen LogP contribution in [0, 0.1) is 11.8 Å². The second-order valence-electron chi connectivity index (χ2n) is 3.05. The normalized spacial score (nSPS) is 37.5. The van der Waals surface area contributed by atoms with Crippen LogP contribution in [0.1, 0.15) is 26.7 Å². The molecule has 0 aromatic heterocycles. The Morgan fingerprint density at radius 1 is 1.38 bits per heavy atom.